The molecule has 408 valence electrons. The average Bonchev–Trinajstić information content (AvgIpc) is 3.41. The van der Waals surface area contributed by atoms with E-state index in [4.69, 9.17) is 42.6 Å². The molecule has 0 spiro atoms. The summed E-state index contributed by atoms with van der Waals surface area (Å²) in [5.41, 5.74) is 1.02. The number of benzene rings is 4. The monoisotopic (exact) mass is 1070 g/mol. The van der Waals surface area contributed by atoms with Crippen molar-refractivity contribution in [1.29, 1.82) is 0 Å². The van der Waals surface area contributed by atoms with Crippen molar-refractivity contribution >= 4 is 30.2 Å². The predicted octanol–water partition coefficient (Wildman–Crippen LogP) is -0.963. The Balaban J connectivity index is 1.10. The van der Waals surface area contributed by atoms with Gasteiger partial charge >= 0.3 is 11.9 Å². The van der Waals surface area contributed by atoms with Crippen LogP contribution in [0, 0.1) is 0 Å². The molecule has 16 atom stereocenters. The van der Waals surface area contributed by atoms with Gasteiger partial charge in [0, 0.05) is 29.8 Å². The fourth-order valence-corrected chi connectivity index (χ4v) is 8.32. The van der Waals surface area contributed by atoms with Crippen molar-refractivity contribution in [3.05, 3.63) is 119 Å². The fourth-order valence-electron chi connectivity index (χ4n) is 8.32. The summed E-state index contributed by atoms with van der Waals surface area (Å²) in [6.07, 6.45) is -23.6. The molecule has 14 N–H and O–H groups in total. The van der Waals surface area contributed by atoms with E-state index in [9.17, 15) is 81.1 Å². The maximum Gasteiger partial charge on any atom is 0.330 e. The molecule has 0 radical (unpaired) electrons. The van der Waals surface area contributed by atoms with E-state index in [1.807, 2.05) is 0 Å². The minimum atomic E-state index is -2.11. The fraction of sp³-hybridized carbons (Fsp3) is 0.373. The van der Waals surface area contributed by atoms with Gasteiger partial charge < -0.3 is 114 Å². The van der Waals surface area contributed by atoms with Crippen LogP contribution in [0.5, 0.6) is 40.2 Å². The first-order valence-corrected chi connectivity index (χ1v) is 23.3. The van der Waals surface area contributed by atoms with Gasteiger partial charge in [-0.1, -0.05) is 30.3 Å². The summed E-state index contributed by atoms with van der Waals surface area (Å²) in [6, 6.07) is 17.2. The number of fused-ring (bicyclic) bond motifs is 1. The third kappa shape index (κ3) is 12.6. The summed E-state index contributed by atoms with van der Waals surface area (Å²) >= 11 is 0. The van der Waals surface area contributed by atoms with Crippen LogP contribution in [0.3, 0.4) is 0 Å². The first-order valence-electron chi connectivity index (χ1n) is 23.3. The standard InChI is InChI=1S/C51H54O25/c52-19-34-39(60)42(63)45(66)49(73-34)71-32-17-27(55)16-31-28(32)18-33(47(70-31)24-6-10-26(54)11-7-24)72-51-48(44(65)41(62)36(75-51)21-69-37(58)13-4-22-1-8-25(53)9-2-22)76-50-46(67)43(64)40(61)35(74-50)20-68-38(59)14-5-23-3-12-29(56)30(57)15-23/h1-18,34-36,39-57,60-67H,19-21H2. The van der Waals surface area contributed by atoms with Crippen LogP contribution < -0.4 is 9.47 Å². The van der Waals surface area contributed by atoms with E-state index in [2.05, 4.69) is 0 Å². The van der Waals surface area contributed by atoms with Crippen LogP contribution in [0.15, 0.2) is 96.8 Å². The van der Waals surface area contributed by atoms with Gasteiger partial charge in [0.05, 0.1) is 12.2 Å². The van der Waals surface area contributed by atoms with Gasteiger partial charge in [-0.25, -0.2) is 9.59 Å². The molecule has 25 nitrogen and oxygen atoms in total. The zero-order valence-corrected chi connectivity index (χ0v) is 39.5. The average molecular weight is 1070 g/mol. The summed E-state index contributed by atoms with van der Waals surface area (Å²) in [7, 11) is 0. The van der Waals surface area contributed by atoms with E-state index >= 15 is 0 Å². The van der Waals surface area contributed by atoms with Gasteiger partial charge in [0.1, 0.15) is 115 Å². The molecule has 4 heterocycles. The number of phenols is 5. The minimum Gasteiger partial charge on any atom is -0.508 e. The number of hydrogen-bond donors (Lipinski definition) is 14. The second kappa shape index (κ2) is 23.9. The molecule has 3 saturated heterocycles. The lowest BCUT2D eigenvalue weighted by Gasteiger charge is -2.46. The third-order valence-electron chi connectivity index (χ3n) is 12.5. The van der Waals surface area contributed by atoms with Crippen molar-refractivity contribution in [3.63, 3.8) is 0 Å². The number of hydrogen-bond acceptors (Lipinski definition) is 25. The zero-order chi connectivity index (χ0) is 54.5. The Hall–Kier alpha value is -7.08. The SMILES string of the molecule is O=C(C=Cc1ccc(O)c(O)c1)OCC1OC(OC2C(OC3=Cc4c(cc(O)cc4OC4OC(CO)C(O)C(O)C4O)OC3c3ccc(O)cc3)OC(COC(=O)C=Cc3ccc(O)cc3)C(O)C2O)C(O)C(O)C1O. The largest absolute Gasteiger partial charge is 0.508 e. The van der Waals surface area contributed by atoms with Gasteiger partial charge in [-0.05, 0) is 65.8 Å². The molecule has 0 amide bonds. The number of rotatable bonds is 16. The maximum atomic E-state index is 12.9. The Morgan fingerprint density at radius 3 is 1.68 bits per heavy atom. The molecule has 0 aliphatic carbocycles. The third-order valence-corrected chi connectivity index (χ3v) is 12.5. The molecule has 0 saturated carbocycles. The minimum absolute atomic E-state index is 0.0182. The van der Waals surface area contributed by atoms with Gasteiger partial charge in [-0.3, -0.25) is 0 Å². The number of phenolic OH excluding ortho intramolecular Hbond substituents is 5. The van der Waals surface area contributed by atoms with Crippen LogP contribution in [0.4, 0.5) is 0 Å². The van der Waals surface area contributed by atoms with Crippen LogP contribution in [-0.2, 0) is 42.7 Å². The Kier molecular flexibility index (Phi) is 17.3. The summed E-state index contributed by atoms with van der Waals surface area (Å²) in [5.74, 6) is -4.08. The molecule has 4 aromatic rings. The van der Waals surface area contributed by atoms with Gasteiger partial charge in [0.2, 0.25) is 12.6 Å². The molecule has 4 aliphatic heterocycles. The highest BCUT2D eigenvalue weighted by molar-refractivity contribution is 5.87. The molecular weight excluding hydrogens is 1010 g/mol. The van der Waals surface area contributed by atoms with Crippen LogP contribution in [0.25, 0.3) is 18.2 Å². The van der Waals surface area contributed by atoms with E-state index in [1.54, 1.807) is 0 Å². The summed E-state index contributed by atoms with van der Waals surface area (Å²) in [4.78, 5) is 25.6. The van der Waals surface area contributed by atoms with Crippen molar-refractivity contribution in [2.24, 2.45) is 0 Å². The zero-order valence-electron chi connectivity index (χ0n) is 39.5. The van der Waals surface area contributed by atoms with Crippen LogP contribution in [0.2, 0.25) is 0 Å². The molecule has 4 aliphatic rings. The number of esters is 2. The summed E-state index contributed by atoms with van der Waals surface area (Å²) in [6.45, 7) is -2.32. The second-order valence-corrected chi connectivity index (χ2v) is 17.8. The van der Waals surface area contributed by atoms with Crippen LogP contribution in [-0.4, -0.2) is 195 Å². The van der Waals surface area contributed by atoms with Crippen LogP contribution in [0.1, 0.15) is 28.4 Å². The van der Waals surface area contributed by atoms with E-state index in [0.717, 1.165) is 24.3 Å². The molecule has 25 heteroatoms. The number of aliphatic hydroxyl groups excluding tert-OH is 9. The lowest BCUT2D eigenvalue weighted by atomic mass is 9.97. The summed E-state index contributed by atoms with van der Waals surface area (Å²) in [5, 5.41) is 148. The van der Waals surface area contributed by atoms with Gasteiger partial charge in [0.25, 0.3) is 0 Å². The van der Waals surface area contributed by atoms with Crippen molar-refractivity contribution in [2.45, 2.75) is 98.2 Å². The molecule has 16 unspecified atom stereocenters. The first kappa shape index (κ1) is 55.2. The number of ether oxygens (including phenoxy) is 9. The van der Waals surface area contributed by atoms with E-state index in [-0.39, 0.29) is 39.9 Å². The van der Waals surface area contributed by atoms with Crippen molar-refractivity contribution in [2.75, 3.05) is 19.8 Å². The highest BCUT2D eigenvalue weighted by atomic mass is 16.8. The number of carbonyl (C=O) groups excluding carboxylic acids is 2. The second-order valence-electron chi connectivity index (χ2n) is 17.8. The van der Waals surface area contributed by atoms with Gasteiger partial charge in [0.15, 0.2) is 30.0 Å². The molecule has 76 heavy (non-hydrogen) atoms. The Morgan fingerprint density at radius 2 is 1.07 bits per heavy atom. The van der Waals surface area contributed by atoms with E-state index in [0.29, 0.717) is 11.1 Å². The van der Waals surface area contributed by atoms with Crippen molar-refractivity contribution in [3.8, 4) is 40.2 Å². The number of aliphatic hydroxyl groups is 9. The van der Waals surface area contributed by atoms with E-state index in [1.165, 1.54) is 85.0 Å². The topological polar surface area (TPSA) is 400 Å². The number of carbonyl (C=O) groups is 2. The Labute approximate surface area is 430 Å². The Bertz CT molecular complexity index is 2750. The Morgan fingerprint density at radius 1 is 0.526 bits per heavy atom. The lowest BCUT2D eigenvalue weighted by molar-refractivity contribution is -0.364. The van der Waals surface area contributed by atoms with Gasteiger partial charge in [-0.15, -0.1) is 0 Å². The highest BCUT2D eigenvalue weighted by Gasteiger charge is 2.53. The van der Waals surface area contributed by atoms with Crippen molar-refractivity contribution < 1.29 is 124 Å². The van der Waals surface area contributed by atoms with E-state index < -0.39 is 147 Å². The van der Waals surface area contributed by atoms with Gasteiger partial charge in [-0.2, -0.15) is 0 Å². The normalized spacial score (nSPS) is 31.5. The lowest BCUT2D eigenvalue weighted by Crippen LogP contribution is -2.64. The maximum absolute atomic E-state index is 12.9. The van der Waals surface area contributed by atoms with Crippen molar-refractivity contribution in [1.82, 2.24) is 0 Å². The first-order chi connectivity index (χ1) is 36.3. The molecular formula is C51H54O25. The van der Waals surface area contributed by atoms with Crippen LogP contribution >= 0.6 is 0 Å². The number of aromatic hydroxyl groups is 5. The molecule has 3 fully saturated rings. The smallest absolute Gasteiger partial charge is 0.330 e. The molecule has 4 aromatic carbocycles. The molecule has 0 bridgehead atoms. The quantitative estimate of drug-likeness (QED) is 0.0365. The highest BCUT2D eigenvalue weighted by Crippen LogP contribution is 2.46. The summed E-state index contributed by atoms with van der Waals surface area (Å²) < 4.78 is 52.8. The predicted molar refractivity (Wildman–Crippen MR) is 253 cm³/mol. The molecule has 0 aromatic heterocycles. The molecule has 8 rings (SSSR count).